The summed E-state index contributed by atoms with van der Waals surface area (Å²) < 4.78 is 10.2. The van der Waals surface area contributed by atoms with Crippen molar-refractivity contribution in [2.75, 3.05) is 0 Å². The highest BCUT2D eigenvalue weighted by atomic mass is 16.6. The molecule has 5 heteroatoms. The zero-order valence-corrected chi connectivity index (χ0v) is 13.0. The molecule has 0 radical (unpaired) electrons. The van der Waals surface area contributed by atoms with E-state index in [0.717, 1.165) is 0 Å². The number of benzene rings is 2. The second-order valence-electron chi connectivity index (χ2n) is 4.88. The molecule has 1 N–H and O–H groups in total. The summed E-state index contributed by atoms with van der Waals surface area (Å²) in [5.41, 5.74) is 0.589. The van der Waals surface area contributed by atoms with Gasteiger partial charge in [0.1, 0.15) is 11.9 Å². The molecular weight excluding hydrogens is 308 g/mol. The van der Waals surface area contributed by atoms with Crippen LogP contribution in [0.3, 0.4) is 0 Å². The van der Waals surface area contributed by atoms with Crippen LogP contribution in [0.5, 0.6) is 5.75 Å². The molecule has 0 saturated heterocycles. The van der Waals surface area contributed by atoms with Crippen LogP contribution in [0.1, 0.15) is 18.6 Å². The summed E-state index contributed by atoms with van der Waals surface area (Å²) in [6.45, 7) is 1.29. The van der Waals surface area contributed by atoms with Crippen LogP contribution in [-0.4, -0.2) is 23.1 Å². The van der Waals surface area contributed by atoms with E-state index in [0.29, 0.717) is 11.3 Å². The molecule has 0 aromatic heterocycles. The van der Waals surface area contributed by atoms with E-state index in [9.17, 15) is 14.7 Å². The molecule has 2 atom stereocenters. The van der Waals surface area contributed by atoms with E-state index < -0.39 is 24.1 Å². The van der Waals surface area contributed by atoms with E-state index in [4.69, 9.17) is 9.47 Å². The lowest BCUT2D eigenvalue weighted by molar-refractivity contribution is -0.155. The Morgan fingerprint density at radius 3 is 2.17 bits per heavy atom. The fourth-order valence-electron chi connectivity index (χ4n) is 1.77. The van der Waals surface area contributed by atoms with E-state index in [1.165, 1.54) is 6.92 Å². The minimum absolute atomic E-state index is 0.369. The van der Waals surface area contributed by atoms with Crippen LogP contribution in [0.25, 0.3) is 0 Å². The molecule has 0 aliphatic heterocycles. The Morgan fingerprint density at radius 1 is 1.00 bits per heavy atom. The number of ether oxygens (including phenoxy) is 2. The number of carbonyl (C=O) groups excluding carboxylic acids is 2. The summed E-state index contributed by atoms with van der Waals surface area (Å²) in [4.78, 5) is 23.4. The quantitative estimate of drug-likeness (QED) is 0.404. The van der Waals surface area contributed by atoms with E-state index in [1.54, 1.807) is 60.7 Å². The number of aliphatic hydroxyl groups excluding tert-OH is 1. The van der Waals surface area contributed by atoms with Crippen molar-refractivity contribution in [1.82, 2.24) is 0 Å². The van der Waals surface area contributed by atoms with Gasteiger partial charge in [-0.3, -0.25) is 0 Å². The molecule has 2 rings (SSSR count). The molecule has 2 unspecified atom stereocenters. The molecule has 0 spiro atoms. The maximum absolute atomic E-state index is 11.8. The van der Waals surface area contributed by atoms with Crippen molar-refractivity contribution in [2.45, 2.75) is 19.1 Å². The fraction of sp³-hybridized carbons (Fsp3) is 0.158. The zero-order chi connectivity index (χ0) is 17.4. The lowest BCUT2D eigenvalue weighted by Crippen LogP contribution is -2.21. The van der Waals surface area contributed by atoms with Gasteiger partial charge in [0.2, 0.25) is 0 Å². The van der Waals surface area contributed by atoms with Crippen LogP contribution in [0, 0.1) is 11.8 Å². The van der Waals surface area contributed by atoms with E-state index in [1.807, 2.05) is 0 Å². The molecule has 0 amide bonds. The minimum atomic E-state index is -1.28. The van der Waals surface area contributed by atoms with Gasteiger partial charge in [-0.25, -0.2) is 9.59 Å². The van der Waals surface area contributed by atoms with Crippen molar-refractivity contribution < 1.29 is 24.2 Å². The number of rotatable bonds is 4. The molecule has 0 fully saturated rings. The number of hydrogen-bond donors (Lipinski definition) is 1. The predicted molar refractivity (Wildman–Crippen MR) is 86.8 cm³/mol. The third kappa shape index (κ3) is 5.27. The van der Waals surface area contributed by atoms with Gasteiger partial charge in [-0.1, -0.05) is 48.5 Å². The maximum Gasteiger partial charge on any atom is 0.389 e. The molecule has 0 bridgehead atoms. The first-order valence-electron chi connectivity index (χ1n) is 7.28. The lowest BCUT2D eigenvalue weighted by atomic mass is 10.1. The van der Waals surface area contributed by atoms with Crippen molar-refractivity contribution in [3.63, 3.8) is 0 Å². The zero-order valence-electron chi connectivity index (χ0n) is 13.0. The van der Waals surface area contributed by atoms with Crippen LogP contribution in [0.2, 0.25) is 0 Å². The molecule has 24 heavy (non-hydrogen) atoms. The monoisotopic (exact) mass is 324 g/mol. The number of para-hydroxylation sites is 1. The van der Waals surface area contributed by atoms with E-state index in [2.05, 4.69) is 11.8 Å². The second-order valence-corrected chi connectivity index (χ2v) is 4.88. The summed E-state index contributed by atoms with van der Waals surface area (Å²) >= 11 is 0. The van der Waals surface area contributed by atoms with Crippen LogP contribution >= 0.6 is 0 Å². The Morgan fingerprint density at radius 2 is 1.58 bits per heavy atom. The average molecular weight is 324 g/mol. The average Bonchev–Trinajstić information content (AvgIpc) is 2.60. The van der Waals surface area contributed by atoms with Gasteiger partial charge in [0.25, 0.3) is 0 Å². The summed E-state index contributed by atoms with van der Waals surface area (Å²) in [5, 5.41) is 9.27. The molecule has 2 aromatic rings. The van der Waals surface area contributed by atoms with Crippen molar-refractivity contribution in [2.24, 2.45) is 0 Å². The summed E-state index contributed by atoms with van der Waals surface area (Å²) in [7, 11) is 0. The van der Waals surface area contributed by atoms with Gasteiger partial charge >= 0.3 is 11.9 Å². The van der Waals surface area contributed by atoms with Gasteiger partial charge in [-0.15, -0.1) is 0 Å². The van der Waals surface area contributed by atoms with Crippen LogP contribution < -0.4 is 4.74 Å². The second kappa shape index (κ2) is 8.51. The van der Waals surface area contributed by atoms with Crippen molar-refractivity contribution in [1.29, 1.82) is 0 Å². The topological polar surface area (TPSA) is 72.8 Å². The minimum Gasteiger partial charge on any atom is -0.442 e. The highest BCUT2D eigenvalue weighted by Gasteiger charge is 2.18. The largest absolute Gasteiger partial charge is 0.442 e. The Bertz CT molecular complexity index is 742. The van der Waals surface area contributed by atoms with Crippen LogP contribution in [0.15, 0.2) is 60.7 Å². The van der Waals surface area contributed by atoms with Gasteiger partial charge in [-0.2, -0.15) is 0 Å². The summed E-state index contributed by atoms with van der Waals surface area (Å²) in [6.07, 6.45) is -2.26. The number of hydrogen-bond acceptors (Lipinski definition) is 5. The Kier molecular flexibility index (Phi) is 6.12. The van der Waals surface area contributed by atoms with E-state index in [-0.39, 0.29) is 0 Å². The molecule has 0 heterocycles. The molecule has 0 aliphatic rings. The standard InChI is InChI=1S/C19H16O5/c1-14(20)19(22)24-17(15-8-4-2-5-9-15)12-13-18(21)23-16-10-6-3-7-11-16/h2-11,14,17,20H,1H3. The molecular formula is C19H16O5. The molecule has 5 nitrogen and oxygen atoms in total. The third-order valence-electron chi connectivity index (χ3n) is 2.94. The summed E-state index contributed by atoms with van der Waals surface area (Å²) in [5.74, 6) is 3.64. The van der Waals surface area contributed by atoms with Crippen molar-refractivity contribution >= 4 is 11.9 Å². The number of carbonyl (C=O) groups is 2. The van der Waals surface area contributed by atoms with Gasteiger partial charge in [-0.05, 0) is 25.0 Å². The first kappa shape index (κ1) is 17.3. The van der Waals surface area contributed by atoms with Gasteiger partial charge in [0.05, 0.1) is 0 Å². The Balaban J connectivity index is 2.13. The van der Waals surface area contributed by atoms with Crippen LogP contribution in [-0.2, 0) is 14.3 Å². The SMILES string of the molecule is CC(O)C(=O)OC(C#CC(=O)Oc1ccccc1)c1ccccc1. The highest BCUT2D eigenvalue weighted by Crippen LogP contribution is 2.17. The maximum atomic E-state index is 11.8. The lowest BCUT2D eigenvalue weighted by Gasteiger charge is -2.13. The van der Waals surface area contributed by atoms with Gasteiger partial charge in [0.15, 0.2) is 6.10 Å². The highest BCUT2D eigenvalue weighted by molar-refractivity contribution is 5.90. The first-order valence-corrected chi connectivity index (χ1v) is 7.28. The number of aliphatic hydroxyl groups is 1. The smallest absolute Gasteiger partial charge is 0.389 e. The third-order valence-corrected chi connectivity index (χ3v) is 2.94. The first-order chi connectivity index (χ1) is 11.6. The molecule has 122 valence electrons. The normalized spacial score (nSPS) is 12.2. The Labute approximate surface area is 139 Å². The fourth-order valence-corrected chi connectivity index (χ4v) is 1.77. The van der Waals surface area contributed by atoms with Crippen LogP contribution in [0.4, 0.5) is 0 Å². The molecule has 0 saturated carbocycles. The predicted octanol–water partition coefficient (Wildman–Crippen LogP) is 2.26. The summed E-state index contributed by atoms with van der Waals surface area (Å²) in [6, 6.07) is 17.2. The van der Waals surface area contributed by atoms with E-state index >= 15 is 0 Å². The van der Waals surface area contributed by atoms with Gasteiger partial charge < -0.3 is 14.6 Å². The Hall–Kier alpha value is -3.10. The van der Waals surface area contributed by atoms with Gasteiger partial charge in [0, 0.05) is 11.5 Å². The van der Waals surface area contributed by atoms with Crippen molar-refractivity contribution in [3.05, 3.63) is 66.2 Å². The molecule has 0 aliphatic carbocycles. The molecule has 2 aromatic carbocycles. The van der Waals surface area contributed by atoms with Crippen molar-refractivity contribution in [3.8, 4) is 17.6 Å². The number of esters is 2.